The highest BCUT2D eigenvalue weighted by atomic mass is 15.1. The lowest BCUT2D eigenvalue weighted by Crippen LogP contribution is -2.00. The van der Waals surface area contributed by atoms with Gasteiger partial charge in [-0.15, -0.1) is 0 Å². The molecule has 0 spiro atoms. The Balaban J connectivity index is 1.18. The van der Waals surface area contributed by atoms with Crippen LogP contribution >= 0.6 is 0 Å². The summed E-state index contributed by atoms with van der Waals surface area (Å²) in [6.07, 6.45) is 0.865. The second-order valence-electron chi connectivity index (χ2n) is 13.8. The van der Waals surface area contributed by atoms with Crippen molar-refractivity contribution in [3.05, 3.63) is 194 Å². The highest BCUT2D eigenvalue weighted by Gasteiger charge is 2.19. The molecule has 1 aromatic heterocycles. The Morgan fingerprint density at radius 1 is 0.396 bits per heavy atom. The van der Waals surface area contributed by atoms with E-state index in [2.05, 4.69) is 200 Å². The maximum Gasteiger partial charge on any atom is 0.114 e. The van der Waals surface area contributed by atoms with Crippen molar-refractivity contribution in [2.24, 2.45) is 0 Å². The molecule has 10 aromatic rings. The zero-order valence-corrected chi connectivity index (χ0v) is 29.5. The summed E-state index contributed by atoms with van der Waals surface area (Å²) in [7, 11) is 0. The molecule has 0 unspecified atom stereocenters. The molecule has 0 saturated heterocycles. The van der Waals surface area contributed by atoms with Crippen LogP contribution in [0.2, 0.25) is 0 Å². The Morgan fingerprint density at radius 3 is 1.66 bits per heavy atom. The van der Waals surface area contributed by atoms with Gasteiger partial charge in [-0.2, -0.15) is 0 Å². The summed E-state index contributed by atoms with van der Waals surface area (Å²) in [5.41, 5.74) is 13.1. The number of rotatable bonds is 6. The molecule has 0 N–H and O–H groups in total. The molecule has 0 fully saturated rings. The third kappa shape index (κ3) is 5.30. The van der Waals surface area contributed by atoms with Crippen molar-refractivity contribution in [2.45, 2.75) is 13.3 Å². The summed E-state index contributed by atoms with van der Waals surface area (Å²) in [4.78, 5) is 4.94. The Kier molecular flexibility index (Phi) is 7.47. The molecule has 0 atom stereocenters. The topological polar surface area (TPSA) is 17.8 Å². The molecule has 0 amide bonds. The van der Waals surface area contributed by atoms with Gasteiger partial charge < -0.3 is 0 Å². The fourth-order valence-corrected chi connectivity index (χ4v) is 8.20. The van der Waals surface area contributed by atoms with Gasteiger partial charge in [-0.05, 0) is 113 Å². The second-order valence-corrected chi connectivity index (χ2v) is 13.8. The van der Waals surface area contributed by atoms with Crippen LogP contribution in [0.1, 0.15) is 12.7 Å². The van der Waals surface area contributed by atoms with Gasteiger partial charge in [-0.25, -0.2) is 4.98 Å². The van der Waals surface area contributed by atoms with Gasteiger partial charge in [0.15, 0.2) is 0 Å². The monoisotopic (exact) mass is 676 g/mol. The summed E-state index contributed by atoms with van der Waals surface area (Å²) < 4.78 is 2.31. The molecule has 1 heterocycles. The van der Waals surface area contributed by atoms with E-state index in [1.165, 1.54) is 76.8 Å². The van der Waals surface area contributed by atoms with Crippen LogP contribution in [-0.4, -0.2) is 9.55 Å². The van der Waals surface area contributed by atoms with E-state index in [4.69, 9.17) is 4.98 Å². The summed E-state index contributed by atoms with van der Waals surface area (Å²) in [6.45, 7) is 2.17. The number of nitrogens with zero attached hydrogens (tertiary/aromatic N) is 2. The zero-order chi connectivity index (χ0) is 35.3. The highest BCUT2D eigenvalue weighted by Crippen LogP contribution is 2.45. The molecule has 0 aliphatic heterocycles. The van der Waals surface area contributed by atoms with Gasteiger partial charge in [-0.3, -0.25) is 4.57 Å². The maximum atomic E-state index is 4.94. The van der Waals surface area contributed by atoms with Crippen LogP contribution in [0.5, 0.6) is 0 Å². The van der Waals surface area contributed by atoms with Crippen LogP contribution in [0, 0.1) is 0 Å². The van der Waals surface area contributed by atoms with Crippen LogP contribution in [0.3, 0.4) is 0 Å². The number of fused-ring (bicyclic) bond motifs is 4. The number of hydrogen-bond donors (Lipinski definition) is 0. The lowest BCUT2D eigenvalue weighted by atomic mass is 9.84. The maximum absolute atomic E-state index is 4.94. The minimum absolute atomic E-state index is 0.865. The molecular weight excluding hydrogens is 641 g/mol. The van der Waals surface area contributed by atoms with Crippen molar-refractivity contribution >= 4 is 43.4 Å². The van der Waals surface area contributed by atoms with E-state index >= 15 is 0 Å². The van der Waals surface area contributed by atoms with Crippen LogP contribution in [-0.2, 0) is 6.42 Å². The van der Waals surface area contributed by atoms with Crippen molar-refractivity contribution in [1.82, 2.24) is 9.55 Å². The average molecular weight is 677 g/mol. The van der Waals surface area contributed by atoms with Crippen LogP contribution < -0.4 is 0 Å². The highest BCUT2D eigenvalue weighted by molar-refractivity contribution is 6.22. The van der Waals surface area contributed by atoms with Gasteiger partial charge in [0.25, 0.3) is 0 Å². The molecule has 2 nitrogen and oxygen atoms in total. The number of para-hydroxylation sites is 2. The lowest BCUT2D eigenvalue weighted by molar-refractivity contribution is 0.909. The molecule has 53 heavy (non-hydrogen) atoms. The minimum Gasteiger partial charge on any atom is -0.296 e. The quantitative estimate of drug-likeness (QED) is 0.160. The summed E-state index contributed by atoms with van der Waals surface area (Å²) in [5, 5.41) is 7.43. The zero-order valence-electron chi connectivity index (χ0n) is 29.5. The van der Waals surface area contributed by atoms with Crippen molar-refractivity contribution in [3.63, 3.8) is 0 Å². The third-order valence-corrected chi connectivity index (χ3v) is 10.7. The first-order chi connectivity index (χ1) is 26.2. The van der Waals surface area contributed by atoms with Gasteiger partial charge in [0.1, 0.15) is 5.82 Å². The molecule has 9 aromatic carbocycles. The Hall–Kier alpha value is -6.77. The van der Waals surface area contributed by atoms with Gasteiger partial charge in [0, 0.05) is 12.1 Å². The number of imidazole rings is 1. The summed E-state index contributed by atoms with van der Waals surface area (Å²) >= 11 is 0. The fourth-order valence-electron chi connectivity index (χ4n) is 8.20. The molecule has 0 aliphatic rings. The van der Waals surface area contributed by atoms with Crippen LogP contribution in [0.4, 0.5) is 0 Å². The predicted octanol–water partition coefficient (Wildman–Crippen LogP) is 13.7. The third-order valence-electron chi connectivity index (χ3n) is 10.7. The molecule has 0 bridgehead atoms. The molecule has 0 aliphatic carbocycles. The molecule has 2 heteroatoms. The normalized spacial score (nSPS) is 11.6. The molecular formula is C51H36N2. The average Bonchev–Trinajstić information content (AvgIpc) is 3.62. The minimum atomic E-state index is 0.865. The fraction of sp³-hybridized carbons (Fsp3) is 0.0392. The van der Waals surface area contributed by atoms with E-state index < -0.39 is 0 Å². The Morgan fingerprint density at radius 2 is 0.925 bits per heavy atom. The first-order valence-corrected chi connectivity index (χ1v) is 18.4. The van der Waals surface area contributed by atoms with Gasteiger partial charge >= 0.3 is 0 Å². The smallest absolute Gasteiger partial charge is 0.114 e. The molecule has 10 rings (SSSR count). The van der Waals surface area contributed by atoms with Crippen molar-refractivity contribution < 1.29 is 0 Å². The van der Waals surface area contributed by atoms with Crippen molar-refractivity contribution in [1.29, 1.82) is 0 Å². The summed E-state index contributed by atoms with van der Waals surface area (Å²) in [6, 6.07) is 68.6. The van der Waals surface area contributed by atoms with E-state index in [9.17, 15) is 0 Å². The number of aryl methyl sites for hydroxylation is 1. The van der Waals surface area contributed by atoms with Gasteiger partial charge in [0.05, 0.1) is 11.0 Å². The van der Waals surface area contributed by atoms with E-state index in [0.29, 0.717) is 0 Å². The van der Waals surface area contributed by atoms with Gasteiger partial charge in [0.2, 0.25) is 0 Å². The van der Waals surface area contributed by atoms with E-state index in [0.717, 1.165) is 29.0 Å². The molecule has 0 saturated carbocycles. The number of aromatic nitrogens is 2. The standard InChI is InChI=1S/C51H36N2/c1-2-49-52-47-19-11-12-20-48(47)53(49)42-29-27-38-31-41(26-25-39(38)32-42)51-44-18-10-9-17-43(44)50(37-23-21-36(22-24-37)34-13-5-3-6-14-34)45-30-28-40(33-46(45)51)35-15-7-4-8-16-35/h3-33H,2H2,1H3. The number of benzene rings is 9. The van der Waals surface area contributed by atoms with Crippen LogP contribution in [0.25, 0.3) is 93.5 Å². The summed E-state index contributed by atoms with van der Waals surface area (Å²) in [5.74, 6) is 1.07. The van der Waals surface area contributed by atoms with E-state index in [1.807, 2.05) is 0 Å². The van der Waals surface area contributed by atoms with Crippen LogP contribution in [0.15, 0.2) is 188 Å². The second kappa shape index (κ2) is 12.8. The Bertz CT molecular complexity index is 2960. The first-order valence-electron chi connectivity index (χ1n) is 18.4. The lowest BCUT2D eigenvalue weighted by Gasteiger charge is -2.19. The van der Waals surface area contributed by atoms with Crippen molar-refractivity contribution in [3.8, 4) is 50.2 Å². The predicted molar refractivity (Wildman–Crippen MR) is 225 cm³/mol. The largest absolute Gasteiger partial charge is 0.296 e. The van der Waals surface area contributed by atoms with Crippen molar-refractivity contribution in [2.75, 3.05) is 0 Å². The van der Waals surface area contributed by atoms with E-state index in [1.54, 1.807) is 0 Å². The SMILES string of the molecule is CCc1nc2ccccc2n1-c1ccc2cc(-c3c4ccccc4c(-c4ccc(-c5ccccc5)cc4)c4ccc(-c5ccccc5)cc34)ccc2c1. The first kappa shape index (κ1) is 31.0. The molecule has 0 radical (unpaired) electrons. The molecule has 250 valence electrons. The Labute approximate surface area is 309 Å². The number of hydrogen-bond acceptors (Lipinski definition) is 1. The van der Waals surface area contributed by atoms with Gasteiger partial charge in [-0.1, -0.05) is 159 Å². The van der Waals surface area contributed by atoms with E-state index in [-0.39, 0.29) is 0 Å².